The van der Waals surface area contributed by atoms with Gasteiger partial charge in [0.05, 0.1) is 10.6 Å². The highest BCUT2D eigenvalue weighted by Crippen LogP contribution is 2.39. The van der Waals surface area contributed by atoms with Gasteiger partial charge in [-0.05, 0) is 44.0 Å². The van der Waals surface area contributed by atoms with Crippen molar-refractivity contribution in [2.24, 2.45) is 5.92 Å². The van der Waals surface area contributed by atoms with Crippen molar-refractivity contribution in [2.45, 2.75) is 30.8 Å². The molecule has 0 amide bonds. The molecule has 0 aliphatic carbocycles. The highest BCUT2D eigenvalue weighted by Gasteiger charge is 2.41. The Morgan fingerprint density at radius 3 is 2.46 bits per heavy atom. The summed E-state index contributed by atoms with van der Waals surface area (Å²) in [5.74, 6) is 0.324. The second kappa shape index (κ2) is 7.59. The summed E-state index contributed by atoms with van der Waals surface area (Å²) in [7, 11) is -4.29. The average Bonchev–Trinajstić information content (AvgIpc) is 2.52. The molecule has 0 aromatic heterocycles. The first kappa shape index (κ1) is 19.5. The topological polar surface area (TPSA) is 49.4 Å². The molecule has 1 aromatic rings. The zero-order chi connectivity index (χ0) is 18.0. The standard InChI is InChI=1S/C15H20ClF3N2O2S/c1-2-20-10-11-6-8-21(9-7-11)24(22,23)14-12(15(17,18)19)4-3-5-13(14)16/h3-5,11,20H,2,6-10H2,1H3. The summed E-state index contributed by atoms with van der Waals surface area (Å²) in [6, 6.07) is 3.02. The predicted molar refractivity (Wildman–Crippen MR) is 86.5 cm³/mol. The van der Waals surface area contributed by atoms with Crippen molar-refractivity contribution in [3.05, 3.63) is 28.8 Å². The number of benzene rings is 1. The van der Waals surface area contributed by atoms with E-state index in [1.54, 1.807) is 0 Å². The van der Waals surface area contributed by atoms with E-state index in [-0.39, 0.29) is 13.1 Å². The summed E-state index contributed by atoms with van der Waals surface area (Å²) >= 11 is 5.82. The number of hydrogen-bond acceptors (Lipinski definition) is 3. The molecule has 1 aliphatic rings. The fourth-order valence-corrected chi connectivity index (χ4v) is 5.02. The van der Waals surface area contributed by atoms with Crippen LogP contribution in [0.15, 0.2) is 23.1 Å². The summed E-state index contributed by atoms with van der Waals surface area (Å²) in [5, 5.41) is 2.80. The quantitative estimate of drug-likeness (QED) is 0.846. The Hall–Kier alpha value is -0.830. The monoisotopic (exact) mass is 384 g/mol. The van der Waals surface area contributed by atoms with Gasteiger partial charge in [0.1, 0.15) is 4.90 Å². The van der Waals surface area contributed by atoms with Crippen LogP contribution in [0.2, 0.25) is 5.02 Å². The molecular formula is C15H20ClF3N2O2S. The van der Waals surface area contributed by atoms with Crippen LogP contribution < -0.4 is 5.32 Å². The number of halogens is 4. The molecule has 0 spiro atoms. The van der Waals surface area contributed by atoms with Crippen molar-refractivity contribution in [3.8, 4) is 0 Å². The molecule has 1 heterocycles. The molecule has 4 nitrogen and oxygen atoms in total. The summed E-state index contributed by atoms with van der Waals surface area (Å²) in [4.78, 5) is -0.843. The molecular weight excluding hydrogens is 365 g/mol. The summed E-state index contributed by atoms with van der Waals surface area (Å²) in [6.07, 6.45) is -3.56. The third-order valence-electron chi connectivity index (χ3n) is 4.13. The fourth-order valence-electron chi connectivity index (χ4n) is 2.83. The zero-order valence-corrected chi connectivity index (χ0v) is 14.8. The van der Waals surface area contributed by atoms with Crippen LogP contribution >= 0.6 is 11.6 Å². The lowest BCUT2D eigenvalue weighted by molar-refractivity contribution is -0.139. The molecule has 24 heavy (non-hydrogen) atoms. The van der Waals surface area contributed by atoms with Gasteiger partial charge in [-0.1, -0.05) is 24.6 Å². The third-order valence-corrected chi connectivity index (χ3v) is 6.55. The molecule has 0 atom stereocenters. The molecule has 1 N–H and O–H groups in total. The third kappa shape index (κ3) is 4.22. The SMILES string of the molecule is CCNCC1CCN(S(=O)(=O)c2c(Cl)cccc2C(F)(F)F)CC1. The van der Waals surface area contributed by atoms with Crippen LogP contribution in [0.4, 0.5) is 13.2 Å². The minimum atomic E-state index is -4.78. The van der Waals surface area contributed by atoms with Gasteiger partial charge in [0.2, 0.25) is 10.0 Å². The number of nitrogens with one attached hydrogen (secondary N) is 1. The molecule has 1 saturated heterocycles. The Morgan fingerprint density at radius 2 is 1.92 bits per heavy atom. The molecule has 9 heteroatoms. The number of alkyl halides is 3. The van der Waals surface area contributed by atoms with Gasteiger partial charge in [0.25, 0.3) is 0 Å². The Labute approximate surface area is 145 Å². The van der Waals surface area contributed by atoms with Crippen molar-refractivity contribution in [2.75, 3.05) is 26.2 Å². The molecule has 136 valence electrons. The van der Waals surface area contributed by atoms with Gasteiger partial charge in [-0.25, -0.2) is 8.42 Å². The van der Waals surface area contributed by atoms with Crippen LogP contribution in [0.1, 0.15) is 25.3 Å². The lowest BCUT2D eigenvalue weighted by Crippen LogP contribution is -2.41. The van der Waals surface area contributed by atoms with E-state index in [0.29, 0.717) is 18.8 Å². The maximum Gasteiger partial charge on any atom is 0.417 e. The summed E-state index contributed by atoms with van der Waals surface area (Å²) in [6.45, 7) is 3.98. The Bertz CT molecular complexity index is 672. The van der Waals surface area contributed by atoms with Crippen molar-refractivity contribution in [1.29, 1.82) is 0 Å². The minimum absolute atomic E-state index is 0.195. The first-order valence-corrected chi connectivity index (χ1v) is 9.56. The normalized spacial score (nSPS) is 18.0. The lowest BCUT2D eigenvalue weighted by Gasteiger charge is -2.32. The van der Waals surface area contributed by atoms with Crippen LogP contribution in [0, 0.1) is 5.92 Å². The Balaban J connectivity index is 2.27. The van der Waals surface area contributed by atoms with Gasteiger partial charge < -0.3 is 5.32 Å². The van der Waals surface area contributed by atoms with Gasteiger partial charge in [-0.2, -0.15) is 17.5 Å². The van der Waals surface area contributed by atoms with Gasteiger partial charge in [-0.3, -0.25) is 0 Å². The smallest absolute Gasteiger partial charge is 0.317 e. The number of nitrogens with zero attached hydrogens (tertiary/aromatic N) is 1. The summed E-state index contributed by atoms with van der Waals surface area (Å²) < 4.78 is 66.1. The van der Waals surface area contributed by atoms with Crippen LogP contribution in [0.3, 0.4) is 0 Å². The molecule has 1 aliphatic heterocycles. The van der Waals surface area contributed by atoms with E-state index in [4.69, 9.17) is 11.6 Å². The van der Waals surface area contributed by atoms with E-state index in [9.17, 15) is 21.6 Å². The van der Waals surface area contributed by atoms with Gasteiger partial charge in [0, 0.05) is 13.1 Å². The van der Waals surface area contributed by atoms with Crippen LogP contribution in [0.25, 0.3) is 0 Å². The van der Waals surface area contributed by atoms with E-state index >= 15 is 0 Å². The van der Waals surface area contributed by atoms with Gasteiger partial charge in [-0.15, -0.1) is 0 Å². The average molecular weight is 385 g/mol. The number of rotatable bonds is 5. The van der Waals surface area contributed by atoms with Crippen molar-refractivity contribution in [3.63, 3.8) is 0 Å². The Kier molecular flexibility index (Phi) is 6.17. The molecule has 0 radical (unpaired) electrons. The van der Waals surface area contributed by atoms with Crippen molar-refractivity contribution >= 4 is 21.6 Å². The maximum absolute atomic E-state index is 13.2. The Morgan fingerprint density at radius 1 is 1.29 bits per heavy atom. The van der Waals surface area contributed by atoms with E-state index in [1.807, 2.05) is 6.92 Å². The van der Waals surface area contributed by atoms with Crippen molar-refractivity contribution < 1.29 is 21.6 Å². The molecule has 0 bridgehead atoms. The van der Waals surface area contributed by atoms with Gasteiger partial charge in [0.15, 0.2) is 0 Å². The second-order valence-electron chi connectivity index (χ2n) is 5.77. The summed E-state index contributed by atoms with van der Waals surface area (Å²) in [5.41, 5.74) is -1.22. The molecule has 0 unspecified atom stereocenters. The molecule has 1 aromatic carbocycles. The maximum atomic E-state index is 13.2. The highest BCUT2D eigenvalue weighted by atomic mass is 35.5. The van der Waals surface area contributed by atoms with Crippen LogP contribution in [-0.2, 0) is 16.2 Å². The van der Waals surface area contributed by atoms with E-state index in [0.717, 1.165) is 29.5 Å². The molecule has 2 rings (SSSR count). The second-order valence-corrected chi connectivity index (χ2v) is 8.05. The lowest BCUT2D eigenvalue weighted by atomic mass is 9.98. The molecule has 0 saturated carbocycles. The number of piperidine rings is 1. The predicted octanol–water partition coefficient (Wildman–Crippen LogP) is 3.37. The zero-order valence-electron chi connectivity index (χ0n) is 13.2. The van der Waals surface area contributed by atoms with Crippen LogP contribution in [0.5, 0.6) is 0 Å². The minimum Gasteiger partial charge on any atom is -0.317 e. The van der Waals surface area contributed by atoms with E-state index < -0.39 is 31.7 Å². The molecule has 1 fully saturated rings. The number of sulfonamides is 1. The largest absolute Gasteiger partial charge is 0.417 e. The first-order chi connectivity index (χ1) is 11.2. The first-order valence-electron chi connectivity index (χ1n) is 7.74. The number of hydrogen-bond donors (Lipinski definition) is 1. The van der Waals surface area contributed by atoms with E-state index in [2.05, 4.69) is 5.32 Å². The van der Waals surface area contributed by atoms with Crippen LogP contribution in [-0.4, -0.2) is 38.9 Å². The van der Waals surface area contributed by atoms with E-state index in [1.165, 1.54) is 6.07 Å². The van der Waals surface area contributed by atoms with Gasteiger partial charge >= 0.3 is 6.18 Å². The van der Waals surface area contributed by atoms with Crippen molar-refractivity contribution in [1.82, 2.24) is 9.62 Å². The highest BCUT2D eigenvalue weighted by molar-refractivity contribution is 7.89. The fraction of sp³-hybridized carbons (Fsp3) is 0.600.